The average Bonchev–Trinajstić information content (AvgIpc) is 2.77. The van der Waals surface area contributed by atoms with Gasteiger partial charge in [0.05, 0.1) is 9.85 Å². The second-order valence-corrected chi connectivity index (χ2v) is 7.64. The fourth-order valence-electron chi connectivity index (χ4n) is 2.67. The van der Waals surface area contributed by atoms with Gasteiger partial charge in [-0.2, -0.15) is 0 Å². The molecule has 0 bridgehead atoms. The molecular formula is C24H14N2O5S. The maximum absolute atomic E-state index is 11.6. The first-order valence-corrected chi connectivity index (χ1v) is 9.99. The number of hydrogen-bond acceptors (Lipinski definition) is 6. The van der Waals surface area contributed by atoms with Gasteiger partial charge in [-0.1, -0.05) is 47.7 Å². The summed E-state index contributed by atoms with van der Waals surface area (Å²) in [5.74, 6) is 10.9. The van der Waals surface area contributed by atoms with Gasteiger partial charge in [0, 0.05) is 40.6 Å². The molecule has 0 aliphatic rings. The van der Waals surface area contributed by atoms with Crippen molar-refractivity contribution in [2.45, 2.75) is 11.8 Å². The zero-order valence-corrected chi connectivity index (χ0v) is 17.5. The third kappa shape index (κ3) is 5.82. The summed E-state index contributed by atoms with van der Waals surface area (Å²) in [7, 11) is 0. The second kappa shape index (κ2) is 10.1. The monoisotopic (exact) mass is 442 g/mol. The summed E-state index contributed by atoms with van der Waals surface area (Å²) in [4.78, 5) is 33.7. The molecule has 0 aliphatic heterocycles. The molecule has 0 N–H and O–H groups in total. The van der Waals surface area contributed by atoms with Crippen LogP contribution in [-0.2, 0) is 4.79 Å². The third-order valence-corrected chi connectivity index (χ3v) is 4.86. The van der Waals surface area contributed by atoms with E-state index in [9.17, 15) is 25.0 Å². The van der Waals surface area contributed by atoms with Crippen LogP contribution in [0.4, 0.5) is 11.4 Å². The van der Waals surface area contributed by atoms with Gasteiger partial charge in [0.25, 0.3) is 11.4 Å². The van der Waals surface area contributed by atoms with Gasteiger partial charge in [-0.05, 0) is 42.3 Å². The fourth-order valence-corrected chi connectivity index (χ4v) is 3.28. The number of nitro groups is 2. The highest BCUT2D eigenvalue weighted by Gasteiger charge is 2.25. The quantitative estimate of drug-likeness (QED) is 0.246. The molecule has 0 aliphatic carbocycles. The molecule has 156 valence electrons. The van der Waals surface area contributed by atoms with Crippen LogP contribution >= 0.6 is 11.8 Å². The summed E-state index contributed by atoms with van der Waals surface area (Å²) < 4.78 is 0. The molecule has 3 rings (SSSR count). The summed E-state index contributed by atoms with van der Waals surface area (Å²) >= 11 is 1.06. The lowest BCUT2D eigenvalue weighted by Crippen LogP contribution is -2.00. The van der Waals surface area contributed by atoms with Crippen LogP contribution in [0.1, 0.15) is 29.2 Å². The minimum absolute atomic E-state index is 0.0643. The van der Waals surface area contributed by atoms with E-state index in [1.165, 1.54) is 19.1 Å². The van der Waals surface area contributed by atoms with Crippen LogP contribution in [0, 0.1) is 43.9 Å². The minimum Gasteiger partial charge on any atom is -0.287 e. The zero-order valence-electron chi connectivity index (χ0n) is 16.7. The Kier molecular flexibility index (Phi) is 7.02. The average molecular weight is 442 g/mol. The Balaban J connectivity index is 2.03. The van der Waals surface area contributed by atoms with E-state index in [0.717, 1.165) is 16.7 Å². The maximum atomic E-state index is 11.6. The van der Waals surface area contributed by atoms with Gasteiger partial charge >= 0.3 is 0 Å². The number of hydrogen-bond donors (Lipinski definition) is 0. The molecule has 0 radical (unpaired) electrons. The molecule has 0 saturated carbocycles. The predicted octanol–water partition coefficient (Wildman–Crippen LogP) is 4.94. The molecule has 3 aromatic rings. The van der Waals surface area contributed by atoms with Crippen molar-refractivity contribution in [3.8, 4) is 23.7 Å². The van der Waals surface area contributed by atoms with Crippen molar-refractivity contribution in [2.75, 3.05) is 0 Å². The Hall–Kier alpha value is -4.40. The van der Waals surface area contributed by atoms with E-state index < -0.39 is 21.2 Å². The second-order valence-electron chi connectivity index (χ2n) is 6.39. The highest BCUT2D eigenvalue weighted by Crippen LogP contribution is 2.29. The third-order valence-electron chi connectivity index (χ3n) is 4.06. The highest BCUT2D eigenvalue weighted by atomic mass is 32.2. The molecule has 0 unspecified atom stereocenters. The first-order valence-electron chi connectivity index (χ1n) is 9.18. The number of thioether (sulfide) groups is 1. The van der Waals surface area contributed by atoms with Crippen LogP contribution in [0.25, 0.3) is 0 Å². The van der Waals surface area contributed by atoms with Crippen LogP contribution in [0.2, 0.25) is 0 Å². The summed E-state index contributed by atoms with van der Waals surface area (Å²) in [6.07, 6.45) is 0. The molecule has 0 fully saturated rings. The normalized spacial score (nSPS) is 9.66. The summed E-state index contributed by atoms with van der Waals surface area (Å²) in [6.45, 7) is 1.45. The van der Waals surface area contributed by atoms with Gasteiger partial charge in [0.1, 0.15) is 0 Å². The Morgan fingerprint density at radius 2 is 1.25 bits per heavy atom. The lowest BCUT2D eigenvalue weighted by molar-refractivity contribution is -0.394. The number of rotatable bonds is 3. The molecule has 8 heteroatoms. The van der Waals surface area contributed by atoms with Crippen molar-refractivity contribution in [1.29, 1.82) is 0 Å². The number of carbonyl (C=O) groups excluding carboxylic acids is 1. The number of nitrogens with zero attached hydrogens (tertiary/aromatic N) is 2. The highest BCUT2D eigenvalue weighted by molar-refractivity contribution is 8.13. The van der Waals surface area contributed by atoms with Crippen LogP contribution in [-0.4, -0.2) is 15.0 Å². The molecule has 0 amide bonds. The predicted molar refractivity (Wildman–Crippen MR) is 121 cm³/mol. The Morgan fingerprint density at radius 3 is 1.78 bits per heavy atom. The number of benzene rings is 3. The lowest BCUT2D eigenvalue weighted by atomic mass is 10.1. The molecule has 0 spiro atoms. The zero-order chi connectivity index (χ0) is 23.1. The largest absolute Gasteiger partial charge is 0.293 e. The van der Waals surface area contributed by atoms with E-state index in [1.807, 2.05) is 6.07 Å². The van der Waals surface area contributed by atoms with E-state index in [0.29, 0.717) is 11.1 Å². The smallest absolute Gasteiger partial charge is 0.287 e. The van der Waals surface area contributed by atoms with Crippen LogP contribution in [0.15, 0.2) is 71.6 Å². The number of nitro benzene ring substituents is 2. The van der Waals surface area contributed by atoms with Crippen molar-refractivity contribution in [2.24, 2.45) is 0 Å². The summed E-state index contributed by atoms with van der Waals surface area (Å²) in [5, 5.41) is 23.2. The first-order chi connectivity index (χ1) is 15.3. The van der Waals surface area contributed by atoms with E-state index in [1.54, 1.807) is 48.5 Å². The lowest BCUT2D eigenvalue weighted by Gasteiger charge is -2.00. The Bertz CT molecular complexity index is 1290. The number of carbonyl (C=O) groups is 1. The van der Waals surface area contributed by atoms with Gasteiger partial charge < -0.3 is 0 Å². The van der Waals surface area contributed by atoms with E-state index >= 15 is 0 Å². The maximum Gasteiger partial charge on any atom is 0.293 e. The Labute approximate surface area is 187 Å². The summed E-state index contributed by atoms with van der Waals surface area (Å²) in [5.41, 5.74) is 0.0268. The molecule has 3 aromatic carbocycles. The van der Waals surface area contributed by atoms with Crippen LogP contribution in [0.5, 0.6) is 0 Å². The molecule has 7 nitrogen and oxygen atoms in total. The van der Waals surface area contributed by atoms with E-state index in [4.69, 9.17) is 0 Å². The van der Waals surface area contributed by atoms with Crippen LogP contribution < -0.4 is 0 Å². The molecule has 0 heterocycles. The summed E-state index contributed by atoms with van der Waals surface area (Å²) in [6, 6.07) is 17.9. The van der Waals surface area contributed by atoms with Gasteiger partial charge in [0.2, 0.25) is 0 Å². The molecule has 0 aromatic heterocycles. The fraction of sp³-hybridized carbons (Fsp3) is 0.0417. The SMILES string of the molecule is CC(=O)Sc1ccc(C#Cc2c([N+](=O)[O-])cc(C#Cc3ccccc3)cc2[N+](=O)[O-])cc1. The van der Waals surface area contributed by atoms with Crippen LogP contribution in [0.3, 0.4) is 0 Å². The molecule has 0 saturated heterocycles. The van der Waals surface area contributed by atoms with Crippen molar-refractivity contribution in [3.05, 3.63) is 109 Å². The van der Waals surface area contributed by atoms with Gasteiger partial charge in [-0.25, -0.2) is 0 Å². The van der Waals surface area contributed by atoms with Gasteiger partial charge in [-0.15, -0.1) is 0 Å². The first kappa shape index (κ1) is 22.3. The molecular weight excluding hydrogens is 428 g/mol. The molecule has 32 heavy (non-hydrogen) atoms. The van der Waals surface area contributed by atoms with Crippen molar-refractivity contribution < 1.29 is 14.6 Å². The van der Waals surface area contributed by atoms with Gasteiger partial charge in [0.15, 0.2) is 10.7 Å². The van der Waals surface area contributed by atoms with E-state index in [2.05, 4.69) is 23.7 Å². The van der Waals surface area contributed by atoms with E-state index in [-0.39, 0.29) is 16.2 Å². The van der Waals surface area contributed by atoms with Gasteiger partial charge in [-0.3, -0.25) is 25.0 Å². The Morgan fingerprint density at radius 1 is 0.750 bits per heavy atom. The standard InChI is InChI=1S/C24H14N2O5S/c1-17(27)32-21-12-9-19(10-13-21)11-14-22-23(25(28)29)15-20(16-24(22)26(30)31)8-7-18-5-3-2-4-6-18/h2-6,9-10,12-13,15-16H,1H3. The topological polar surface area (TPSA) is 103 Å². The van der Waals surface area contributed by atoms with Crippen molar-refractivity contribution >= 4 is 28.3 Å². The van der Waals surface area contributed by atoms with Crippen molar-refractivity contribution in [1.82, 2.24) is 0 Å². The van der Waals surface area contributed by atoms with Crippen molar-refractivity contribution in [3.63, 3.8) is 0 Å². The molecule has 0 atom stereocenters. The minimum atomic E-state index is -0.711.